The molecule has 2 aromatic rings. The van der Waals surface area contributed by atoms with E-state index in [1.54, 1.807) is 7.11 Å². The van der Waals surface area contributed by atoms with Crippen molar-refractivity contribution >= 4 is 15.9 Å². The van der Waals surface area contributed by atoms with Gasteiger partial charge in [0.2, 0.25) is 0 Å². The molecule has 1 aromatic heterocycles. The van der Waals surface area contributed by atoms with E-state index in [1.807, 2.05) is 30.5 Å². The van der Waals surface area contributed by atoms with Gasteiger partial charge in [-0.3, -0.25) is 4.98 Å². The number of nitrogens with one attached hydrogen (secondary N) is 1. The minimum atomic E-state index is 0.843. The summed E-state index contributed by atoms with van der Waals surface area (Å²) in [6.07, 6.45) is 2.77. The molecule has 0 aliphatic carbocycles. The number of aromatic nitrogens is 1. The second-order valence-electron chi connectivity index (χ2n) is 4.22. The molecular formula is C15H17BrN2O. The fraction of sp³-hybridized carbons (Fsp3) is 0.267. The van der Waals surface area contributed by atoms with Gasteiger partial charge in [0.1, 0.15) is 5.75 Å². The molecule has 3 nitrogen and oxygen atoms in total. The Hall–Kier alpha value is -1.39. The number of rotatable bonds is 6. The summed E-state index contributed by atoms with van der Waals surface area (Å²) in [7, 11) is 1.67. The van der Waals surface area contributed by atoms with Crippen molar-refractivity contribution in [2.75, 3.05) is 13.7 Å². The molecule has 2 rings (SSSR count). The quantitative estimate of drug-likeness (QED) is 0.830. The second-order valence-corrected chi connectivity index (χ2v) is 5.07. The van der Waals surface area contributed by atoms with Gasteiger partial charge in [-0.25, -0.2) is 0 Å². The van der Waals surface area contributed by atoms with Crippen LogP contribution >= 0.6 is 15.9 Å². The highest BCUT2D eigenvalue weighted by atomic mass is 79.9. The molecule has 1 heterocycles. The Labute approximate surface area is 122 Å². The van der Waals surface area contributed by atoms with Crippen molar-refractivity contribution in [1.82, 2.24) is 10.3 Å². The summed E-state index contributed by atoms with van der Waals surface area (Å²) in [5, 5.41) is 3.41. The Balaban J connectivity index is 1.78. The van der Waals surface area contributed by atoms with E-state index in [2.05, 4.69) is 38.4 Å². The Kier molecular flexibility index (Phi) is 5.36. The summed E-state index contributed by atoms with van der Waals surface area (Å²) in [6, 6.07) is 12.1. The Morgan fingerprint density at radius 2 is 2.16 bits per heavy atom. The van der Waals surface area contributed by atoms with Crippen LogP contribution in [0.3, 0.4) is 0 Å². The number of ether oxygens (including phenoxy) is 1. The summed E-state index contributed by atoms with van der Waals surface area (Å²) in [6.45, 7) is 1.76. The van der Waals surface area contributed by atoms with Gasteiger partial charge in [-0.15, -0.1) is 0 Å². The number of benzene rings is 1. The van der Waals surface area contributed by atoms with Gasteiger partial charge in [0.15, 0.2) is 0 Å². The Bertz CT molecular complexity index is 517. The van der Waals surface area contributed by atoms with Crippen molar-refractivity contribution in [2.45, 2.75) is 13.0 Å². The lowest BCUT2D eigenvalue weighted by molar-refractivity contribution is 0.412. The van der Waals surface area contributed by atoms with Gasteiger partial charge >= 0.3 is 0 Å². The maximum atomic E-state index is 5.21. The highest BCUT2D eigenvalue weighted by Gasteiger charge is 2.01. The van der Waals surface area contributed by atoms with E-state index in [9.17, 15) is 0 Å². The predicted molar refractivity (Wildman–Crippen MR) is 80.3 cm³/mol. The first-order valence-corrected chi connectivity index (χ1v) is 7.02. The van der Waals surface area contributed by atoms with E-state index in [0.717, 1.165) is 35.4 Å². The van der Waals surface area contributed by atoms with Gasteiger partial charge in [-0.05, 0) is 45.8 Å². The summed E-state index contributed by atoms with van der Waals surface area (Å²) in [5.41, 5.74) is 2.35. The van der Waals surface area contributed by atoms with Gasteiger partial charge in [-0.2, -0.15) is 0 Å². The molecule has 0 amide bonds. The van der Waals surface area contributed by atoms with Crippen LogP contribution in [0.2, 0.25) is 0 Å². The van der Waals surface area contributed by atoms with E-state index in [-0.39, 0.29) is 0 Å². The molecule has 0 saturated carbocycles. The molecule has 1 aromatic carbocycles. The molecule has 0 spiro atoms. The van der Waals surface area contributed by atoms with E-state index < -0.39 is 0 Å². The summed E-state index contributed by atoms with van der Waals surface area (Å²) in [4.78, 5) is 4.30. The topological polar surface area (TPSA) is 34.1 Å². The van der Waals surface area contributed by atoms with Crippen molar-refractivity contribution in [1.29, 1.82) is 0 Å². The molecule has 0 aliphatic rings. The van der Waals surface area contributed by atoms with E-state index in [1.165, 1.54) is 5.56 Å². The maximum absolute atomic E-state index is 5.21. The van der Waals surface area contributed by atoms with Crippen molar-refractivity contribution < 1.29 is 4.74 Å². The van der Waals surface area contributed by atoms with Gasteiger partial charge in [0.25, 0.3) is 0 Å². The molecule has 1 N–H and O–H groups in total. The van der Waals surface area contributed by atoms with Crippen LogP contribution in [0, 0.1) is 0 Å². The fourth-order valence-electron chi connectivity index (χ4n) is 1.82. The normalized spacial score (nSPS) is 10.4. The molecule has 0 fully saturated rings. The number of hydrogen-bond donors (Lipinski definition) is 1. The third-order valence-electron chi connectivity index (χ3n) is 2.83. The minimum absolute atomic E-state index is 0.843. The molecule has 0 saturated heterocycles. The average molecular weight is 321 g/mol. The number of hydrogen-bond acceptors (Lipinski definition) is 3. The molecular weight excluding hydrogens is 304 g/mol. The third kappa shape index (κ3) is 4.33. The zero-order chi connectivity index (χ0) is 13.5. The standard InChI is InChI=1S/C15H17BrN2O/c1-19-15-6-5-12(10-14(15)16)11-17-9-7-13-4-2-3-8-18-13/h2-6,8,10,17H,7,9,11H2,1H3. The molecule has 0 atom stereocenters. The SMILES string of the molecule is COc1ccc(CNCCc2ccccn2)cc1Br. The zero-order valence-electron chi connectivity index (χ0n) is 10.9. The van der Waals surface area contributed by atoms with Crippen LogP contribution in [-0.2, 0) is 13.0 Å². The van der Waals surface area contributed by atoms with Crippen LogP contribution in [0.15, 0.2) is 47.1 Å². The lowest BCUT2D eigenvalue weighted by Crippen LogP contribution is -2.17. The molecule has 0 bridgehead atoms. The van der Waals surface area contributed by atoms with Crippen molar-refractivity contribution in [3.05, 3.63) is 58.3 Å². The van der Waals surface area contributed by atoms with Crippen LogP contribution in [0.25, 0.3) is 0 Å². The minimum Gasteiger partial charge on any atom is -0.496 e. The summed E-state index contributed by atoms with van der Waals surface area (Å²) >= 11 is 3.49. The molecule has 0 radical (unpaired) electrons. The van der Waals surface area contributed by atoms with Gasteiger partial charge in [0.05, 0.1) is 11.6 Å². The van der Waals surface area contributed by atoms with Crippen LogP contribution < -0.4 is 10.1 Å². The number of methoxy groups -OCH3 is 1. The highest BCUT2D eigenvalue weighted by Crippen LogP contribution is 2.25. The monoisotopic (exact) mass is 320 g/mol. The predicted octanol–water partition coefficient (Wildman–Crippen LogP) is 3.19. The van der Waals surface area contributed by atoms with E-state index in [0.29, 0.717) is 0 Å². The summed E-state index contributed by atoms with van der Waals surface area (Å²) in [5.74, 6) is 0.859. The molecule has 0 aliphatic heterocycles. The van der Waals surface area contributed by atoms with Gasteiger partial charge in [0, 0.05) is 31.4 Å². The molecule has 0 unspecified atom stereocenters. The van der Waals surface area contributed by atoms with Crippen LogP contribution in [0.1, 0.15) is 11.3 Å². The smallest absolute Gasteiger partial charge is 0.133 e. The molecule has 100 valence electrons. The molecule has 4 heteroatoms. The van der Waals surface area contributed by atoms with E-state index >= 15 is 0 Å². The van der Waals surface area contributed by atoms with Crippen LogP contribution in [0.4, 0.5) is 0 Å². The fourth-order valence-corrected chi connectivity index (χ4v) is 2.40. The second kappa shape index (κ2) is 7.26. The lowest BCUT2D eigenvalue weighted by Gasteiger charge is -2.07. The lowest BCUT2D eigenvalue weighted by atomic mass is 10.2. The first-order chi connectivity index (χ1) is 9.29. The van der Waals surface area contributed by atoms with Crippen molar-refractivity contribution in [3.63, 3.8) is 0 Å². The highest BCUT2D eigenvalue weighted by molar-refractivity contribution is 9.10. The average Bonchev–Trinajstić information content (AvgIpc) is 2.45. The van der Waals surface area contributed by atoms with Crippen LogP contribution in [0.5, 0.6) is 5.75 Å². The number of halogens is 1. The maximum Gasteiger partial charge on any atom is 0.133 e. The Morgan fingerprint density at radius 1 is 1.26 bits per heavy atom. The van der Waals surface area contributed by atoms with Gasteiger partial charge < -0.3 is 10.1 Å². The zero-order valence-corrected chi connectivity index (χ0v) is 12.5. The van der Waals surface area contributed by atoms with E-state index in [4.69, 9.17) is 4.74 Å². The van der Waals surface area contributed by atoms with Crippen molar-refractivity contribution in [2.24, 2.45) is 0 Å². The molecule has 19 heavy (non-hydrogen) atoms. The van der Waals surface area contributed by atoms with Crippen LogP contribution in [-0.4, -0.2) is 18.6 Å². The first-order valence-electron chi connectivity index (χ1n) is 6.22. The Morgan fingerprint density at radius 3 is 2.84 bits per heavy atom. The first kappa shape index (κ1) is 14.0. The largest absolute Gasteiger partial charge is 0.496 e. The van der Waals surface area contributed by atoms with Gasteiger partial charge in [-0.1, -0.05) is 12.1 Å². The van der Waals surface area contributed by atoms with Crippen molar-refractivity contribution in [3.8, 4) is 5.75 Å². The third-order valence-corrected chi connectivity index (χ3v) is 3.45. The number of nitrogens with zero attached hydrogens (tertiary/aromatic N) is 1. The number of pyridine rings is 1. The summed E-state index contributed by atoms with van der Waals surface area (Å²) < 4.78 is 6.19.